The zero-order valence-corrected chi connectivity index (χ0v) is 20.7. The average Bonchev–Trinajstić information content (AvgIpc) is 3.41. The maximum Gasteiger partial charge on any atom is 0.241 e. The van der Waals surface area contributed by atoms with Crippen molar-refractivity contribution in [1.29, 1.82) is 0 Å². The SMILES string of the molecule is CC(=O)NCCNC(=O)[C@@H]1CCC[C@H]1NS(=O)(=O)c1cc(-c2c(C)noc2C)cc2ncccc12. The zero-order valence-electron chi connectivity index (χ0n) is 19.9. The summed E-state index contributed by atoms with van der Waals surface area (Å²) in [5, 5.41) is 9.89. The number of aromatic nitrogens is 2. The minimum atomic E-state index is -3.99. The summed E-state index contributed by atoms with van der Waals surface area (Å²) in [5.74, 6) is -0.305. The number of nitrogens with one attached hydrogen (secondary N) is 3. The molecule has 1 aromatic carbocycles. The van der Waals surface area contributed by atoms with Gasteiger partial charge in [0.05, 0.1) is 22.0 Å². The normalized spacial score (nSPS) is 18.0. The number of hydrogen-bond acceptors (Lipinski definition) is 7. The first kappa shape index (κ1) is 24.8. The molecule has 10 nitrogen and oxygen atoms in total. The molecule has 186 valence electrons. The number of rotatable bonds is 8. The lowest BCUT2D eigenvalue weighted by Crippen LogP contribution is -2.45. The molecule has 2 amide bonds. The van der Waals surface area contributed by atoms with E-state index >= 15 is 0 Å². The fraction of sp³-hybridized carbons (Fsp3) is 0.417. The largest absolute Gasteiger partial charge is 0.361 e. The van der Waals surface area contributed by atoms with E-state index in [0.29, 0.717) is 47.3 Å². The molecule has 1 aliphatic rings. The number of carbonyl (C=O) groups excluding carboxylic acids is 2. The number of fused-ring (bicyclic) bond motifs is 1. The smallest absolute Gasteiger partial charge is 0.241 e. The third-order valence-corrected chi connectivity index (χ3v) is 7.78. The van der Waals surface area contributed by atoms with Crippen molar-refractivity contribution in [3.8, 4) is 11.1 Å². The third-order valence-electron chi connectivity index (χ3n) is 6.25. The van der Waals surface area contributed by atoms with E-state index in [1.165, 1.54) is 6.92 Å². The van der Waals surface area contributed by atoms with Gasteiger partial charge in [0, 0.05) is 43.2 Å². The summed E-state index contributed by atoms with van der Waals surface area (Å²) in [7, 11) is -3.99. The number of pyridine rings is 1. The molecule has 0 saturated heterocycles. The summed E-state index contributed by atoms with van der Waals surface area (Å²) in [6, 6.07) is 6.31. The molecule has 2 heterocycles. The monoisotopic (exact) mass is 499 g/mol. The van der Waals surface area contributed by atoms with Crippen molar-refractivity contribution >= 4 is 32.7 Å². The molecule has 0 bridgehead atoms. The van der Waals surface area contributed by atoms with Gasteiger partial charge >= 0.3 is 0 Å². The van der Waals surface area contributed by atoms with Gasteiger partial charge in [0.2, 0.25) is 21.8 Å². The standard InChI is InChI=1S/C24H29N5O5S/c1-14-23(15(2)34-28-14)17-12-21-18(7-5-9-26-21)22(13-17)35(32,33)29-20-8-4-6-19(20)24(31)27-11-10-25-16(3)30/h5,7,9,12-13,19-20,29H,4,6,8,10-11H2,1-3H3,(H,25,30)(H,27,31)/t19-,20-/m1/s1. The second-order valence-electron chi connectivity index (χ2n) is 8.78. The fourth-order valence-corrected chi connectivity index (χ4v) is 6.20. The van der Waals surface area contributed by atoms with E-state index in [1.54, 1.807) is 38.2 Å². The molecule has 2 aromatic heterocycles. The Morgan fingerprint density at radius 3 is 2.63 bits per heavy atom. The Labute approximate surface area is 203 Å². The van der Waals surface area contributed by atoms with Crippen LogP contribution in [0, 0.1) is 19.8 Å². The summed E-state index contributed by atoms with van der Waals surface area (Å²) in [6.45, 7) is 5.58. The summed E-state index contributed by atoms with van der Waals surface area (Å²) in [6.07, 6.45) is 3.49. The molecule has 11 heteroatoms. The van der Waals surface area contributed by atoms with Gasteiger partial charge < -0.3 is 15.2 Å². The van der Waals surface area contributed by atoms with Crippen molar-refractivity contribution in [3.63, 3.8) is 0 Å². The van der Waals surface area contributed by atoms with Crippen molar-refractivity contribution in [3.05, 3.63) is 41.9 Å². The van der Waals surface area contributed by atoms with Gasteiger partial charge in [-0.15, -0.1) is 0 Å². The van der Waals surface area contributed by atoms with Crippen LogP contribution in [0.1, 0.15) is 37.6 Å². The minimum Gasteiger partial charge on any atom is -0.361 e. The fourth-order valence-electron chi connectivity index (χ4n) is 4.64. The van der Waals surface area contributed by atoms with Crippen molar-refractivity contribution in [1.82, 2.24) is 25.5 Å². The number of sulfonamides is 1. The van der Waals surface area contributed by atoms with E-state index in [-0.39, 0.29) is 23.3 Å². The molecule has 35 heavy (non-hydrogen) atoms. The molecule has 3 aromatic rings. The first-order valence-corrected chi connectivity index (χ1v) is 13.0. The topological polar surface area (TPSA) is 143 Å². The van der Waals surface area contributed by atoms with E-state index in [0.717, 1.165) is 12.0 Å². The van der Waals surface area contributed by atoms with E-state index in [9.17, 15) is 18.0 Å². The van der Waals surface area contributed by atoms with Crippen LogP contribution in [0.5, 0.6) is 0 Å². The Morgan fingerprint density at radius 2 is 1.91 bits per heavy atom. The van der Waals surface area contributed by atoms with Gasteiger partial charge in [-0.2, -0.15) is 0 Å². The minimum absolute atomic E-state index is 0.0924. The zero-order chi connectivity index (χ0) is 25.2. The lowest BCUT2D eigenvalue weighted by molar-refractivity contribution is -0.125. The van der Waals surface area contributed by atoms with E-state index in [4.69, 9.17) is 4.52 Å². The van der Waals surface area contributed by atoms with Gasteiger partial charge in [-0.25, -0.2) is 13.1 Å². The molecule has 1 saturated carbocycles. The van der Waals surface area contributed by atoms with Crippen LogP contribution in [-0.4, -0.2) is 49.5 Å². The summed E-state index contributed by atoms with van der Waals surface area (Å²) < 4.78 is 35.3. The quantitative estimate of drug-likeness (QED) is 0.403. The Kier molecular flexibility index (Phi) is 7.18. The maximum absolute atomic E-state index is 13.6. The van der Waals surface area contributed by atoms with Crippen LogP contribution in [0.25, 0.3) is 22.0 Å². The van der Waals surface area contributed by atoms with Gasteiger partial charge in [-0.05, 0) is 56.5 Å². The van der Waals surface area contributed by atoms with Gasteiger partial charge in [-0.3, -0.25) is 14.6 Å². The van der Waals surface area contributed by atoms with E-state index in [2.05, 4.69) is 25.5 Å². The highest BCUT2D eigenvalue weighted by Crippen LogP contribution is 2.34. The lowest BCUT2D eigenvalue weighted by atomic mass is 10.0. The molecular formula is C24H29N5O5S. The summed E-state index contributed by atoms with van der Waals surface area (Å²) >= 11 is 0. The number of amides is 2. The van der Waals surface area contributed by atoms with Crippen molar-refractivity contribution in [2.24, 2.45) is 5.92 Å². The van der Waals surface area contributed by atoms with Crippen molar-refractivity contribution < 1.29 is 22.5 Å². The lowest BCUT2D eigenvalue weighted by Gasteiger charge is -2.21. The number of carbonyl (C=O) groups is 2. The maximum atomic E-state index is 13.6. The van der Waals surface area contributed by atoms with Crippen LogP contribution in [-0.2, 0) is 19.6 Å². The Bertz CT molecular complexity index is 1350. The second kappa shape index (κ2) is 10.1. The Hall–Kier alpha value is -3.31. The molecular weight excluding hydrogens is 470 g/mol. The molecule has 2 atom stereocenters. The van der Waals surface area contributed by atoms with Crippen molar-refractivity contribution in [2.45, 2.75) is 51.0 Å². The predicted molar refractivity (Wildman–Crippen MR) is 130 cm³/mol. The molecule has 0 spiro atoms. The summed E-state index contributed by atoms with van der Waals surface area (Å²) in [4.78, 5) is 28.2. The highest BCUT2D eigenvalue weighted by Gasteiger charge is 2.36. The molecule has 0 radical (unpaired) electrons. The molecule has 1 fully saturated rings. The highest BCUT2D eigenvalue weighted by atomic mass is 32.2. The van der Waals surface area contributed by atoms with Crippen LogP contribution >= 0.6 is 0 Å². The van der Waals surface area contributed by atoms with E-state index in [1.807, 2.05) is 6.07 Å². The van der Waals surface area contributed by atoms with Crippen LogP contribution in [0.3, 0.4) is 0 Å². The van der Waals surface area contributed by atoms with Gasteiger partial charge in [-0.1, -0.05) is 11.6 Å². The molecule has 0 unspecified atom stereocenters. The van der Waals surface area contributed by atoms with Crippen LogP contribution < -0.4 is 15.4 Å². The second-order valence-corrected chi connectivity index (χ2v) is 10.5. The molecule has 4 rings (SSSR count). The molecule has 3 N–H and O–H groups in total. The average molecular weight is 500 g/mol. The number of nitrogens with zero attached hydrogens (tertiary/aromatic N) is 2. The van der Waals surface area contributed by atoms with Gasteiger partial charge in [0.15, 0.2) is 0 Å². The number of benzene rings is 1. The Morgan fingerprint density at radius 1 is 1.14 bits per heavy atom. The first-order chi connectivity index (χ1) is 16.7. The van der Waals surface area contributed by atoms with Crippen LogP contribution in [0.4, 0.5) is 0 Å². The third kappa shape index (κ3) is 5.35. The first-order valence-electron chi connectivity index (χ1n) is 11.5. The molecule has 1 aliphatic carbocycles. The number of aryl methyl sites for hydroxylation is 2. The number of hydrogen-bond donors (Lipinski definition) is 3. The van der Waals surface area contributed by atoms with Crippen LogP contribution in [0.2, 0.25) is 0 Å². The van der Waals surface area contributed by atoms with Gasteiger partial charge in [0.1, 0.15) is 5.76 Å². The Balaban J connectivity index is 1.62. The van der Waals surface area contributed by atoms with E-state index < -0.39 is 22.0 Å². The van der Waals surface area contributed by atoms with Crippen molar-refractivity contribution in [2.75, 3.05) is 13.1 Å². The molecule has 0 aliphatic heterocycles. The summed E-state index contributed by atoms with van der Waals surface area (Å²) in [5.41, 5.74) is 2.56. The predicted octanol–water partition coefficient (Wildman–Crippen LogP) is 2.21. The van der Waals surface area contributed by atoms with Crippen LogP contribution in [0.15, 0.2) is 39.9 Å². The van der Waals surface area contributed by atoms with Gasteiger partial charge in [0.25, 0.3) is 0 Å². The highest BCUT2D eigenvalue weighted by molar-refractivity contribution is 7.89.